The van der Waals surface area contributed by atoms with Crippen molar-refractivity contribution < 1.29 is 14.2 Å². The van der Waals surface area contributed by atoms with Gasteiger partial charge in [-0.3, -0.25) is 0 Å². The second-order valence-electron chi connectivity index (χ2n) is 5.50. The van der Waals surface area contributed by atoms with Crippen LogP contribution in [0.25, 0.3) is 0 Å². The summed E-state index contributed by atoms with van der Waals surface area (Å²) in [5.74, 6) is 1.56. The molecule has 0 unspecified atom stereocenters. The van der Waals surface area contributed by atoms with E-state index in [1.807, 2.05) is 31.2 Å². The van der Waals surface area contributed by atoms with Gasteiger partial charge in [-0.25, -0.2) is 0 Å². The van der Waals surface area contributed by atoms with Crippen molar-refractivity contribution in [1.82, 2.24) is 5.32 Å². The Bertz CT molecular complexity index is 609. The molecule has 2 aromatic rings. The fraction of sp³-hybridized carbons (Fsp3) is 0.368. The van der Waals surface area contributed by atoms with E-state index in [0.29, 0.717) is 19.8 Å². The quantitative estimate of drug-likeness (QED) is 0.888. The number of hydrogen-bond acceptors (Lipinski definition) is 4. The van der Waals surface area contributed by atoms with Crippen molar-refractivity contribution in [1.29, 1.82) is 0 Å². The lowest BCUT2D eigenvalue weighted by molar-refractivity contribution is 0.0767. The molecule has 0 aromatic heterocycles. The van der Waals surface area contributed by atoms with E-state index in [4.69, 9.17) is 14.2 Å². The van der Waals surface area contributed by atoms with Crippen LogP contribution in [-0.2, 0) is 11.3 Å². The van der Waals surface area contributed by atoms with Gasteiger partial charge in [-0.2, -0.15) is 0 Å². The normalized spacial score (nSPS) is 17.7. The van der Waals surface area contributed by atoms with Gasteiger partial charge in [0.05, 0.1) is 25.9 Å². The summed E-state index contributed by atoms with van der Waals surface area (Å²) in [6.07, 6.45) is 0. The van der Waals surface area contributed by atoms with E-state index in [1.54, 1.807) is 0 Å². The Labute approximate surface area is 137 Å². The number of rotatable bonds is 6. The molecule has 1 heterocycles. The van der Waals surface area contributed by atoms with Crippen LogP contribution in [0.15, 0.2) is 48.5 Å². The number of nitrogens with one attached hydrogen (secondary N) is 1. The van der Waals surface area contributed by atoms with Gasteiger partial charge >= 0.3 is 0 Å². The lowest BCUT2D eigenvalue weighted by Crippen LogP contribution is -2.34. The van der Waals surface area contributed by atoms with Crippen LogP contribution in [0, 0.1) is 0 Å². The van der Waals surface area contributed by atoms with E-state index in [2.05, 4.69) is 29.6 Å². The summed E-state index contributed by atoms with van der Waals surface area (Å²) in [6.45, 7) is 5.46. The minimum absolute atomic E-state index is 0.214. The highest BCUT2D eigenvalue weighted by molar-refractivity contribution is 5.44. The van der Waals surface area contributed by atoms with E-state index < -0.39 is 0 Å². The minimum Gasteiger partial charge on any atom is -0.490 e. The third-order valence-electron chi connectivity index (χ3n) is 3.83. The Morgan fingerprint density at radius 1 is 1.09 bits per heavy atom. The highest BCUT2D eigenvalue weighted by atomic mass is 16.5. The molecule has 1 saturated heterocycles. The standard InChI is InChI=1S/C19H23NO3/c1-2-22-19-12-16(17-14-21-11-10-20-17)8-9-18(19)23-13-15-6-4-3-5-7-15/h3-9,12,17,20H,2,10-11,13-14H2,1H3/t17-/m1/s1. The molecule has 0 spiro atoms. The van der Waals surface area contributed by atoms with Crippen molar-refractivity contribution >= 4 is 0 Å². The molecule has 1 fully saturated rings. The fourth-order valence-electron chi connectivity index (χ4n) is 2.64. The van der Waals surface area contributed by atoms with Crippen LogP contribution < -0.4 is 14.8 Å². The smallest absolute Gasteiger partial charge is 0.161 e. The average molecular weight is 313 g/mol. The van der Waals surface area contributed by atoms with Gasteiger partial charge in [-0.15, -0.1) is 0 Å². The average Bonchev–Trinajstić information content (AvgIpc) is 2.62. The van der Waals surface area contributed by atoms with Crippen molar-refractivity contribution in [3.8, 4) is 11.5 Å². The number of hydrogen-bond donors (Lipinski definition) is 1. The Balaban J connectivity index is 1.73. The number of ether oxygens (including phenoxy) is 3. The molecule has 1 N–H and O–H groups in total. The first kappa shape index (κ1) is 15.8. The van der Waals surface area contributed by atoms with Crippen LogP contribution >= 0.6 is 0 Å². The molecule has 0 saturated carbocycles. The van der Waals surface area contributed by atoms with Crippen LogP contribution in [0.4, 0.5) is 0 Å². The Morgan fingerprint density at radius 2 is 1.96 bits per heavy atom. The first-order chi connectivity index (χ1) is 11.4. The minimum atomic E-state index is 0.214. The zero-order valence-corrected chi connectivity index (χ0v) is 13.5. The Morgan fingerprint density at radius 3 is 2.70 bits per heavy atom. The molecule has 2 aromatic carbocycles. The summed E-state index contributed by atoms with van der Waals surface area (Å²) < 4.78 is 17.2. The monoisotopic (exact) mass is 313 g/mol. The van der Waals surface area contributed by atoms with Crippen LogP contribution in [0.3, 0.4) is 0 Å². The summed E-state index contributed by atoms with van der Waals surface area (Å²) >= 11 is 0. The zero-order valence-electron chi connectivity index (χ0n) is 13.5. The summed E-state index contributed by atoms with van der Waals surface area (Å²) in [5, 5.41) is 3.46. The Hall–Kier alpha value is -2.04. The molecule has 1 atom stereocenters. The summed E-state index contributed by atoms with van der Waals surface area (Å²) in [6, 6.07) is 16.5. The van der Waals surface area contributed by atoms with Gasteiger partial charge in [-0.1, -0.05) is 36.4 Å². The molecule has 0 bridgehead atoms. The van der Waals surface area contributed by atoms with Crippen molar-refractivity contribution in [3.63, 3.8) is 0 Å². The molecule has 122 valence electrons. The maximum Gasteiger partial charge on any atom is 0.161 e. The summed E-state index contributed by atoms with van der Waals surface area (Å²) in [4.78, 5) is 0. The molecule has 4 nitrogen and oxygen atoms in total. The third kappa shape index (κ3) is 4.24. The zero-order chi connectivity index (χ0) is 15.9. The molecule has 0 radical (unpaired) electrons. The maximum atomic E-state index is 5.94. The van der Waals surface area contributed by atoms with Gasteiger partial charge in [0.2, 0.25) is 0 Å². The predicted octanol–water partition coefficient (Wildman–Crippen LogP) is 3.33. The maximum absolute atomic E-state index is 5.94. The molecule has 3 rings (SSSR count). The second-order valence-corrected chi connectivity index (χ2v) is 5.50. The summed E-state index contributed by atoms with van der Waals surface area (Å²) in [5.41, 5.74) is 2.31. The van der Waals surface area contributed by atoms with Gasteiger partial charge in [0.1, 0.15) is 6.61 Å². The number of benzene rings is 2. The van der Waals surface area contributed by atoms with Crippen LogP contribution in [0.1, 0.15) is 24.1 Å². The van der Waals surface area contributed by atoms with Gasteiger partial charge in [0.25, 0.3) is 0 Å². The molecule has 1 aliphatic rings. The molecular formula is C19H23NO3. The molecular weight excluding hydrogens is 290 g/mol. The predicted molar refractivity (Wildman–Crippen MR) is 89.9 cm³/mol. The molecule has 0 aliphatic carbocycles. The van der Waals surface area contributed by atoms with Crippen molar-refractivity contribution in [3.05, 3.63) is 59.7 Å². The first-order valence-corrected chi connectivity index (χ1v) is 8.11. The van der Waals surface area contributed by atoms with E-state index >= 15 is 0 Å². The van der Waals surface area contributed by atoms with Gasteiger partial charge in [-0.05, 0) is 30.2 Å². The Kier molecular flexibility index (Phi) is 5.51. The fourth-order valence-corrected chi connectivity index (χ4v) is 2.64. The highest BCUT2D eigenvalue weighted by Gasteiger charge is 2.17. The van der Waals surface area contributed by atoms with E-state index in [0.717, 1.165) is 30.2 Å². The van der Waals surface area contributed by atoms with Gasteiger partial charge in [0, 0.05) is 6.54 Å². The van der Waals surface area contributed by atoms with Crippen LogP contribution in [0.2, 0.25) is 0 Å². The lowest BCUT2D eigenvalue weighted by atomic mass is 10.1. The van der Waals surface area contributed by atoms with E-state index in [-0.39, 0.29) is 6.04 Å². The molecule has 23 heavy (non-hydrogen) atoms. The molecule has 4 heteroatoms. The molecule has 0 amide bonds. The first-order valence-electron chi connectivity index (χ1n) is 8.11. The number of morpholine rings is 1. The highest BCUT2D eigenvalue weighted by Crippen LogP contribution is 2.31. The van der Waals surface area contributed by atoms with Crippen molar-refractivity contribution in [2.75, 3.05) is 26.4 Å². The SMILES string of the molecule is CCOc1cc([C@H]2COCCN2)ccc1OCc1ccccc1. The largest absolute Gasteiger partial charge is 0.490 e. The van der Waals surface area contributed by atoms with E-state index in [1.165, 1.54) is 5.56 Å². The van der Waals surface area contributed by atoms with Crippen molar-refractivity contribution in [2.45, 2.75) is 19.6 Å². The summed E-state index contributed by atoms with van der Waals surface area (Å²) in [7, 11) is 0. The van der Waals surface area contributed by atoms with Crippen LogP contribution in [0.5, 0.6) is 11.5 Å². The second kappa shape index (κ2) is 7.99. The van der Waals surface area contributed by atoms with Crippen molar-refractivity contribution in [2.24, 2.45) is 0 Å². The third-order valence-corrected chi connectivity index (χ3v) is 3.83. The molecule has 1 aliphatic heterocycles. The van der Waals surface area contributed by atoms with E-state index in [9.17, 15) is 0 Å². The topological polar surface area (TPSA) is 39.7 Å². The van der Waals surface area contributed by atoms with Crippen LogP contribution in [-0.4, -0.2) is 26.4 Å². The lowest BCUT2D eigenvalue weighted by Gasteiger charge is -2.25. The van der Waals surface area contributed by atoms with Gasteiger partial charge in [0.15, 0.2) is 11.5 Å². The van der Waals surface area contributed by atoms with Gasteiger partial charge < -0.3 is 19.5 Å².